The predicted molar refractivity (Wildman–Crippen MR) is 400 cm³/mol. The summed E-state index contributed by atoms with van der Waals surface area (Å²) in [4.78, 5) is 72.9. The number of hydrogen-bond donors (Lipinski definition) is 3. The second-order valence-corrected chi connectivity index (χ2v) is 32.8. The topological polar surface area (TPSA) is 237 Å². The van der Waals surface area contributed by atoms with Gasteiger partial charge in [-0.15, -0.1) is 0 Å². The maximum Gasteiger partial charge on any atom is 0.472 e. The fourth-order valence-electron chi connectivity index (χ4n) is 12.0. The molecule has 17 nitrogen and oxygen atoms in total. The van der Waals surface area contributed by atoms with E-state index in [4.69, 9.17) is 37.0 Å². The van der Waals surface area contributed by atoms with Gasteiger partial charge < -0.3 is 33.8 Å². The van der Waals surface area contributed by atoms with Gasteiger partial charge in [0.1, 0.15) is 19.3 Å². The van der Waals surface area contributed by atoms with Crippen molar-refractivity contribution in [3.05, 3.63) is 0 Å². The van der Waals surface area contributed by atoms with Crippen LogP contribution in [0.15, 0.2) is 0 Å². The number of carbonyl (C=O) groups is 4. The number of unbranched alkanes of at least 4 members (excludes halogenated alkanes) is 40. The molecule has 0 aromatic rings. The molecule has 0 heterocycles. The van der Waals surface area contributed by atoms with Gasteiger partial charge in [0.05, 0.1) is 26.4 Å². The van der Waals surface area contributed by atoms with Gasteiger partial charge >= 0.3 is 39.5 Å². The molecule has 7 atom stereocenters. The summed E-state index contributed by atoms with van der Waals surface area (Å²) >= 11 is 0. The first-order valence-corrected chi connectivity index (χ1v) is 43.8. The molecule has 98 heavy (non-hydrogen) atoms. The van der Waals surface area contributed by atoms with Gasteiger partial charge in [-0.2, -0.15) is 0 Å². The van der Waals surface area contributed by atoms with E-state index in [-0.39, 0.29) is 25.7 Å². The second-order valence-electron chi connectivity index (χ2n) is 29.9. The molecule has 0 saturated heterocycles. The van der Waals surface area contributed by atoms with Gasteiger partial charge in [-0.3, -0.25) is 37.3 Å². The zero-order valence-corrected chi connectivity index (χ0v) is 66.2. The third-order valence-electron chi connectivity index (χ3n) is 19.0. The largest absolute Gasteiger partial charge is 0.472 e. The van der Waals surface area contributed by atoms with Crippen LogP contribution in [0, 0.1) is 23.7 Å². The number of ether oxygens (including phenoxy) is 4. The van der Waals surface area contributed by atoms with Gasteiger partial charge in [0.25, 0.3) is 0 Å². The molecule has 4 unspecified atom stereocenters. The standard InChI is InChI=1S/C79H154O17P2/c1-9-71(7)57-49-41-33-27-22-24-28-34-43-51-59-76(81)89-65-74(95-78(83)61-53-45-35-29-20-18-16-14-12-11-13-15-17-19-25-31-39-47-55-69(3)4)67-93-97(85,86)91-63-73(80)64-92-98(87,88)94-68-75(66-90-77(82)60-52-44-38-37-42-50-58-72(8)10-2)96-79(84)62-54-46-36-30-23-21-26-32-40-48-56-70(5)6/h69-75,80H,9-68H2,1-8H3,(H,85,86)(H,87,88)/t71?,72?,73-,74-,75-/m1/s1. The average Bonchev–Trinajstić information content (AvgIpc) is 0.938. The Morgan fingerprint density at radius 1 is 0.286 bits per heavy atom. The average molecular weight is 1440 g/mol. The van der Waals surface area contributed by atoms with E-state index in [9.17, 15) is 43.2 Å². The Bertz CT molecular complexity index is 1920. The first kappa shape index (κ1) is 96.1. The molecule has 0 aromatic carbocycles. The normalized spacial score (nSPS) is 14.6. The number of carbonyl (C=O) groups excluding carboxylic acids is 4. The summed E-state index contributed by atoms with van der Waals surface area (Å²) in [7, 11) is -9.92. The van der Waals surface area contributed by atoms with Gasteiger partial charge in [0.15, 0.2) is 12.2 Å². The molecule has 0 radical (unpaired) electrons. The van der Waals surface area contributed by atoms with Crippen LogP contribution in [-0.4, -0.2) is 96.7 Å². The highest BCUT2D eigenvalue weighted by Crippen LogP contribution is 2.45. The Balaban J connectivity index is 5.23. The third kappa shape index (κ3) is 69.8. The van der Waals surface area contributed by atoms with Crippen LogP contribution in [-0.2, 0) is 65.4 Å². The maximum absolute atomic E-state index is 13.1. The molecule has 0 rings (SSSR count). The second kappa shape index (κ2) is 68.2. The minimum atomic E-state index is -4.96. The fraction of sp³-hybridized carbons (Fsp3) is 0.949. The summed E-state index contributed by atoms with van der Waals surface area (Å²) in [5.41, 5.74) is 0. The van der Waals surface area contributed by atoms with Crippen LogP contribution in [0.4, 0.5) is 0 Å². The molecule has 0 saturated carbocycles. The van der Waals surface area contributed by atoms with Crippen molar-refractivity contribution < 1.29 is 80.2 Å². The number of aliphatic hydroxyl groups excluding tert-OH is 1. The van der Waals surface area contributed by atoms with Crippen molar-refractivity contribution in [2.45, 2.75) is 420 Å². The number of aliphatic hydroxyl groups is 1. The lowest BCUT2D eigenvalue weighted by Gasteiger charge is -2.21. The Hall–Kier alpha value is -1.94. The predicted octanol–water partition coefficient (Wildman–Crippen LogP) is 23.2. The van der Waals surface area contributed by atoms with Crippen LogP contribution >= 0.6 is 15.6 Å². The van der Waals surface area contributed by atoms with Gasteiger partial charge in [-0.1, -0.05) is 351 Å². The van der Waals surface area contributed by atoms with Crippen molar-refractivity contribution >= 4 is 39.5 Å². The summed E-state index contributed by atoms with van der Waals surface area (Å²) in [5, 5.41) is 10.6. The molecule has 0 amide bonds. The minimum absolute atomic E-state index is 0.105. The summed E-state index contributed by atoms with van der Waals surface area (Å²) < 4.78 is 68.6. The molecule has 0 aliphatic rings. The molecule has 0 spiro atoms. The highest BCUT2D eigenvalue weighted by atomic mass is 31.2. The van der Waals surface area contributed by atoms with E-state index in [2.05, 4.69) is 55.4 Å². The zero-order valence-electron chi connectivity index (χ0n) is 64.4. The summed E-state index contributed by atoms with van der Waals surface area (Å²) in [6.07, 6.45) is 54.1. The SMILES string of the molecule is CCC(C)CCCCCCCCCCCCC(=O)OC[C@H](COP(=O)(O)OC[C@@H](O)COP(=O)(O)OC[C@@H](COC(=O)CCCCCCCCC(C)CC)OC(=O)CCCCCCCCCCCCC(C)C)OC(=O)CCCCCCCCCCCCCCCCCCCCC(C)C. The van der Waals surface area contributed by atoms with Crippen molar-refractivity contribution in [2.24, 2.45) is 23.7 Å². The summed E-state index contributed by atoms with van der Waals surface area (Å²) in [5.74, 6) is 0.994. The van der Waals surface area contributed by atoms with E-state index in [1.807, 2.05) is 0 Å². The number of phosphoric ester groups is 2. The van der Waals surface area contributed by atoms with E-state index in [0.29, 0.717) is 25.7 Å². The van der Waals surface area contributed by atoms with Crippen molar-refractivity contribution in [3.63, 3.8) is 0 Å². The first-order valence-electron chi connectivity index (χ1n) is 40.8. The highest BCUT2D eigenvalue weighted by Gasteiger charge is 2.30. The van der Waals surface area contributed by atoms with Crippen molar-refractivity contribution in [3.8, 4) is 0 Å². The molecule has 3 N–H and O–H groups in total. The minimum Gasteiger partial charge on any atom is -0.462 e. The molecule has 582 valence electrons. The number of esters is 4. The van der Waals surface area contributed by atoms with E-state index in [1.165, 1.54) is 199 Å². The zero-order chi connectivity index (χ0) is 72.4. The molecule has 0 aliphatic carbocycles. The van der Waals surface area contributed by atoms with Crippen LogP contribution < -0.4 is 0 Å². The van der Waals surface area contributed by atoms with E-state index < -0.39 is 97.5 Å². The Morgan fingerprint density at radius 3 is 0.724 bits per heavy atom. The number of hydrogen-bond acceptors (Lipinski definition) is 15. The molecular weight excluding hydrogens is 1280 g/mol. The van der Waals surface area contributed by atoms with E-state index in [0.717, 1.165) is 120 Å². The molecule has 0 aromatic heterocycles. The molecule has 0 bridgehead atoms. The highest BCUT2D eigenvalue weighted by molar-refractivity contribution is 7.47. The molecule has 19 heteroatoms. The van der Waals surface area contributed by atoms with Gasteiger partial charge in [-0.25, -0.2) is 9.13 Å². The third-order valence-corrected chi connectivity index (χ3v) is 20.9. The smallest absolute Gasteiger partial charge is 0.462 e. The lowest BCUT2D eigenvalue weighted by Crippen LogP contribution is -2.30. The maximum atomic E-state index is 13.1. The van der Waals surface area contributed by atoms with Gasteiger partial charge in [0.2, 0.25) is 0 Å². The van der Waals surface area contributed by atoms with E-state index in [1.54, 1.807) is 0 Å². The Morgan fingerprint density at radius 2 is 0.490 bits per heavy atom. The van der Waals surface area contributed by atoms with Crippen LogP contribution in [0.1, 0.15) is 402 Å². The van der Waals surface area contributed by atoms with Crippen LogP contribution in [0.5, 0.6) is 0 Å². The molecule has 0 fully saturated rings. The van der Waals surface area contributed by atoms with Crippen molar-refractivity contribution in [1.82, 2.24) is 0 Å². The molecule has 0 aliphatic heterocycles. The monoisotopic (exact) mass is 1440 g/mol. The summed E-state index contributed by atoms with van der Waals surface area (Å²) in [6.45, 7) is 14.2. The fourth-order valence-corrected chi connectivity index (χ4v) is 13.6. The quantitative estimate of drug-likeness (QED) is 0.0222. The van der Waals surface area contributed by atoms with Gasteiger partial charge in [0, 0.05) is 25.7 Å². The Kier molecular flexibility index (Phi) is 66.8. The van der Waals surface area contributed by atoms with Gasteiger partial charge in [-0.05, 0) is 49.4 Å². The molecular formula is C79H154O17P2. The van der Waals surface area contributed by atoms with E-state index >= 15 is 0 Å². The van der Waals surface area contributed by atoms with Crippen molar-refractivity contribution in [2.75, 3.05) is 39.6 Å². The van der Waals surface area contributed by atoms with Crippen LogP contribution in [0.25, 0.3) is 0 Å². The number of phosphoric acid groups is 2. The lowest BCUT2D eigenvalue weighted by atomic mass is 9.99. The van der Waals surface area contributed by atoms with Crippen LogP contribution in [0.2, 0.25) is 0 Å². The lowest BCUT2D eigenvalue weighted by molar-refractivity contribution is -0.161. The van der Waals surface area contributed by atoms with Crippen LogP contribution in [0.3, 0.4) is 0 Å². The Labute approximate surface area is 600 Å². The summed E-state index contributed by atoms with van der Waals surface area (Å²) in [6, 6.07) is 0. The first-order chi connectivity index (χ1) is 47.2. The van der Waals surface area contributed by atoms with Crippen molar-refractivity contribution in [1.29, 1.82) is 0 Å². The number of rotatable bonds is 76.